The lowest BCUT2D eigenvalue weighted by molar-refractivity contribution is 0.0724. The van der Waals surface area contributed by atoms with Gasteiger partial charge < -0.3 is 4.90 Å². The molecule has 0 spiro atoms. The molecule has 0 bridgehead atoms. The predicted octanol–water partition coefficient (Wildman–Crippen LogP) is 3.87. The van der Waals surface area contributed by atoms with Crippen LogP contribution in [0.1, 0.15) is 48.0 Å². The van der Waals surface area contributed by atoms with E-state index in [4.69, 9.17) is 11.6 Å². The van der Waals surface area contributed by atoms with E-state index in [1.54, 1.807) is 0 Å². The third-order valence-corrected chi connectivity index (χ3v) is 3.96. The summed E-state index contributed by atoms with van der Waals surface area (Å²) in [5.41, 5.74) is 2.11. The van der Waals surface area contributed by atoms with Crippen molar-refractivity contribution in [3.63, 3.8) is 0 Å². The average molecular weight is 280 g/mol. The molecule has 1 heterocycles. The fraction of sp³-hybridized carbons (Fsp3) is 0.562. The van der Waals surface area contributed by atoms with E-state index in [1.807, 2.05) is 17.0 Å². The molecule has 0 unspecified atom stereocenters. The van der Waals surface area contributed by atoms with Gasteiger partial charge in [-0.2, -0.15) is 0 Å². The van der Waals surface area contributed by atoms with Crippen LogP contribution in [-0.2, 0) is 6.42 Å². The standard InChI is InChI=1S/C16H22ClNO/c17-11-3-2-6-14-7-9-15(10-8-14)16(19)18-12-4-1-5-13-18/h7-10H,1-6,11-13H2. The highest BCUT2D eigenvalue weighted by Crippen LogP contribution is 2.14. The van der Waals surface area contributed by atoms with Crippen LogP contribution in [0.2, 0.25) is 0 Å². The molecule has 2 nitrogen and oxygen atoms in total. The van der Waals surface area contributed by atoms with Crippen molar-refractivity contribution in [2.24, 2.45) is 0 Å². The summed E-state index contributed by atoms with van der Waals surface area (Å²) in [5, 5.41) is 0. The number of aryl methyl sites for hydroxylation is 1. The number of halogens is 1. The average Bonchev–Trinajstić information content (AvgIpc) is 2.48. The minimum absolute atomic E-state index is 0.187. The second-order valence-electron chi connectivity index (χ2n) is 5.20. The summed E-state index contributed by atoms with van der Waals surface area (Å²) in [7, 11) is 0. The van der Waals surface area contributed by atoms with Crippen LogP contribution in [-0.4, -0.2) is 29.8 Å². The third kappa shape index (κ3) is 4.24. The summed E-state index contributed by atoms with van der Waals surface area (Å²) in [5.74, 6) is 0.915. The van der Waals surface area contributed by atoms with Gasteiger partial charge in [0.1, 0.15) is 0 Å². The van der Waals surface area contributed by atoms with Gasteiger partial charge in [0.2, 0.25) is 0 Å². The number of amides is 1. The first-order valence-corrected chi connectivity index (χ1v) is 7.79. The van der Waals surface area contributed by atoms with Gasteiger partial charge in [-0.1, -0.05) is 12.1 Å². The van der Waals surface area contributed by atoms with Gasteiger partial charge in [0.25, 0.3) is 5.91 Å². The first-order valence-electron chi connectivity index (χ1n) is 7.25. The monoisotopic (exact) mass is 279 g/mol. The van der Waals surface area contributed by atoms with Crippen molar-refractivity contribution >= 4 is 17.5 Å². The largest absolute Gasteiger partial charge is 0.339 e. The molecule has 104 valence electrons. The van der Waals surface area contributed by atoms with Crippen LogP contribution >= 0.6 is 11.6 Å². The van der Waals surface area contributed by atoms with Crippen molar-refractivity contribution in [1.82, 2.24) is 4.90 Å². The number of unbranched alkanes of at least 4 members (excludes halogenated alkanes) is 1. The zero-order valence-corrected chi connectivity index (χ0v) is 12.2. The van der Waals surface area contributed by atoms with E-state index < -0.39 is 0 Å². The van der Waals surface area contributed by atoms with Gasteiger partial charge in [-0.3, -0.25) is 4.79 Å². The highest BCUT2D eigenvalue weighted by Gasteiger charge is 2.17. The highest BCUT2D eigenvalue weighted by molar-refractivity contribution is 6.17. The number of nitrogens with zero attached hydrogens (tertiary/aromatic N) is 1. The zero-order valence-electron chi connectivity index (χ0n) is 11.4. The highest BCUT2D eigenvalue weighted by atomic mass is 35.5. The molecule has 1 fully saturated rings. The molecule has 0 radical (unpaired) electrons. The van der Waals surface area contributed by atoms with Crippen LogP contribution in [0.4, 0.5) is 0 Å². The Morgan fingerprint density at radius 2 is 1.74 bits per heavy atom. The van der Waals surface area contributed by atoms with Crippen LogP contribution < -0.4 is 0 Å². The van der Waals surface area contributed by atoms with Crippen molar-refractivity contribution in [3.8, 4) is 0 Å². The summed E-state index contributed by atoms with van der Waals surface area (Å²) in [4.78, 5) is 14.3. The topological polar surface area (TPSA) is 20.3 Å². The van der Waals surface area contributed by atoms with Crippen molar-refractivity contribution < 1.29 is 4.79 Å². The van der Waals surface area contributed by atoms with Crippen LogP contribution in [0.25, 0.3) is 0 Å². The Balaban J connectivity index is 1.91. The number of likely N-dealkylation sites (tertiary alicyclic amines) is 1. The molecule has 0 saturated carbocycles. The Hall–Kier alpha value is -1.02. The number of carbonyl (C=O) groups excluding carboxylic acids is 1. The number of piperidine rings is 1. The maximum Gasteiger partial charge on any atom is 0.253 e. The summed E-state index contributed by atoms with van der Waals surface area (Å²) in [6, 6.07) is 8.08. The molecule has 1 saturated heterocycles. The number of carbonyl (C=O) groups is 1. The van der Waals surface area contributed by atoms with Crippen molar-refractivity contribution in [3.05, 3.63) is 35.4 Å². The smallest absolute Gasteiger partial charge is 0.253 e. The van der Waals surface area contributed by atoms with E-state index in [2.05, 4.69) is 12.1 Å². The third-order valence-electron chi connectivity index (χ3n) is 3.69. The Morgan fingerprint density at radius 1 is 1.05 bits per heavy atom. The molecule has 0 N–H and O–H groups in total. The molecule has 1 aliphatic rings. The molecule has 19 heavy (non-hydrogen) atoms. The lowest BCUT2D eigenvalue weighted by Gasteiger charge is -2.26. The van der Waals surface area contributed by atoms with Crippen LogP contribution in [0.5, 0.6) is 0 Å². The minimum atomic E-state index is 0.187. The number of benzene rings is 1. The molecule has 1 amide bonds. The second-order valence-corrected chi connectivity index (χ2v) is 5.57. The van der Waals surface area contributed by atoms with Gasteiger partial charge in [0.05, 0.1) is 0 Å². The first kappa shape index (κ1) is 14.4. The van der Waals surface area contributed by atoms with Gasteiger partial charge in [-0.15, -0.1) is 11.6 Å². The lowest BCUT2D eigenvalue weighted by Crippen LogP contribution is -2.35. The molecular weight excluding hydrogens is 258 g/mol. The minimum Gasteiger partial charge on any atom is -0.339 e. The predicted molar refractivity (Wildman–Crippen MR) is 79.9 cm³/mol. The van der Waals surface area contributed by atoms with E-state index in [9.17, 15) is 4.79 Å². The number of rotatable bonds is 5. The van der Waals surface area contributed by atoms with Gasteiger partial charge in [0.15, 0.2) is 0 Å². The molecule has 1 aromatic carbocycles. The van der Waals surface area contributed by atoms with Crippen molar-refractivity contribution in [2.45, 2.75) is 38.5 Å². The maximum absolute atomic E-state index is 12.3. The summed E-state index contributed by atoms with van der Waals surface area (Å²) in [6.07, 6.45) is 6.75. The van der Waals surface area contributed by atoms with Crippen molar-refractivity contribution in [1.29, 1.82) is 0 Å². The molecule has 0 atom stereocenters. The summed E-state index contributed by atoms with van der Waals surface area (Å²) < 4.78 is 0. The molecule has 2 rings (SSSR count). The van der Waals surface area contributed by atoms with Crippen LogP contribution in [0.3, 0.4) is 0 Å². The SMILES string of the molecule is O=C(c1ccc(CCCCCl)cc1)N1CCCCC1. The molecule has 3 heteroatoms. The maximum atomic E-state index is 12.3. The van der Waals surface area contributed by atoms with Gasteiger partial charge in [-0.25, -0.2) is 0 Å². The van der Waals surface area contributed by atoms with Crippen LogP contribution in [0, 0.1) is 0 Å². The first-order chi connectivity index (χ1) is 9.31. The lowest BCUT2D eigenvalue weighted by atomic mass is 10.0. The van der Waals surface area contributed by atoms with Gasteiger partial charge >= 0.3 is 0 Å². The number of hydrogen-bond donors (Lipinski definition) is 0. The van der Waals surface area contributed by atoms with Crippen LogP contribution in [0.15, 0.2) is 24.3 Å². The number of alkyl halides is 1. The molecule has 0 aliphatic carbocycles. The van der Waals surface area contributed by atoms with E-state index in [1.165, 1.54) is 12.0 Å². The molecular formula is C16H22ClNO. The summed E-state index contributed by atoms with van der Waals surface area (Å²) >= 11 is 5.67. The molecule has 1 aromatic rings. The number of hydrogen-bond acceptors (Lipinski definition) is 1. The van der Waals surface area contributed by atoms with E-state index in [0.717, 1.165) is 56.6 Å². The normalized spacial score (nSPS) is 15.5. The van der Waals surface area contributed by atoms with E-state index >= 15 is 0 Å². The van der Waals surface area contributed by atoms with Gasteiger partial charge in [0, 0.05) is 24.5 Å². The quantitative estimate of drug-likeness (QED) is 0.592. The van der Waals surface area contributed by atoms with Gasteiger partial charge in [-0.05, 0) is 56.2 Å². The fourth-order valence-electron chi connectivity index (χ4n) is 2.52. The van der Waals surface area contributed by atoms with E-state index in [0.29, 0.717) is 0 Å². The van der Waals surface area contributed by atoms with E-state index in [-0.39, 0.29) is 5.91 Å². The Labute approximate surface area is 120 Å². The molecule has 1 aliphatic heterocycles. The zero-order chi connectivity index (χ0) is 13.5. The second kappa shape index (κ2) is 7.54. The Bertz CT molecular complexity index is 396. The molecule has 0 aromatic heterocycles. The summed E-state index contributed by atoms with van der Waals surface area (Å²) in [6.45, 7) is 1.83. The Kier molecular flexibility index (Phi) is 5.71. The fourth-order valence-corrected chi connectivity index (χ4v) is 2.71. The van der Waals surface area contributed by atoms with Crippen molar-refractivity contribution in [2.75, 3.05) is 19.0 Å². The Morgan fingerprint density at radius 3 is 2.37 bits per heavy atom.